The van der Waals surface area contributed by atoms with E-state index in [1.165, 1.54) is 0 Å². The zero-order valence-electron chi connectivity index (χ0n) is 13.9. The number of halogens is 1. The molecular weight excluding hydrogens is 335 g/mol. The number of nitrogens with one attached hydrogen (secondary N) is 2. The molecule has 0 aliphatic heterocycles. The maximum Gasteiger partial charge on any atom is 0.255 e. The molecule has 26 heavy (non-hydrogen) atoms. The molecule has 0 saturated heterocycles. The Morgan fingerprint density at radius 2 is 1.77 bits per heavy atom. The van der Waals surface area contributed by atoms with Gasteiger partial charge >= 0.3 is 0 Å². The van der Waals surface area contributed by atoms with Crippen LogP contribution >= 0.6 is 0 Å². The van der Waals surface area contributed by atoms with E-state index in [-0.39, 0.29) is 12.5 Å². The van der Waals surface area contributed by atoms with Crippen molar-refractivity contribution in [2.75, 3.05) is 23.9 Å². The topological polar surface area (TPSA) is 76.1 Å². The molecule has 3 aromatic rings. The van der Waals surface area contributed by atoms with E-state index in [1.807, 2.05) is 6.07 Å². The number of nitrogens with zero attached hydrogens (tertiary/aromatic N) is 2. The zero-order chi connectivity index (χ0) is 18.2. The maximum absolute atomic E-state index is 12.5. The van der Waals surface area contributed by atoms with Crippen molar-refractivity contribution in [2.45, 2.75) is 0 Å². The van der Waals surface area contributed by atoms with Gasteiger partial charge in [-0.2, -0.15) is 0 Å². The quantitative estimate of drug-likeness (QED) is 0.676. The second-order valence-corrected chi connectivity index (χ2v) is 5.30. The molecule has 3 rings (SSSR count). The van der Waals surface area contributed by atoms with E-state index >= 15 is 0 Å². The third-order valence-electron chi connectivity index (χ3n) is 3.38. The summed E-state index contributed by atoms with van der Waals surface area (Å²) in [6.07, 6.45) is 3.26. The monoisotopic (exact) mass is 352 g/mol. The van der Waals surface area contributed by atoms with Gasteiger partial charge in [0, 0.05) is 35.4 Å². The lowest BCUT2D eigenvalue weighted by Crippen LogP contribution is -2.12. The van der Waals surface area contributed by atoms with Crippen molar-refractivity contribution in [3.05, 3.63) is 72.6 Å². The standard InChI is InChI=1S/C19H17FN4O2/c20-8-11-26-17-7-2-6-16(13-17)23-18(25)14-4-1-5-15(12-14)24-19-21-9-3-10-22-19/h1-7,9-10,12-13H,8,11H2,(H,23,25)(H,21,22,24). The van der Waals surface area contributed by atoms with E-state index in [1.54, 1.807) is 60.9 Å². The molecule has 6 nitrogen and oxygen atoms in total. The average Bonchev–Trinajstić information content (AvgIpc) is 2.68. The fourth-order valence-corrected chi connectivity index (χ4v) is 2.25. The molecule has 0 spiro atoms. The Bertz CT molecular complexity index is 874. The van der Waals surface area contributed by atoms with Crippen LogP contribution in [-0.2, 0) is 0 Å². The molecule has 2 N–H and O–H groups in total. The van der Waals surface area contributed by atoms with Crippen LogP contribution in [0.2, 0.25) is 0 Å². The van der Waals surface area contributed by atoms with Crippen LogP contribution in [0, 0.1) is 0 Å². The lowest BCUT2D eigenvalue weighted by atomic mass is 10.2. The van der Waals surface area contributed by atoms with Crippen molar-refractivity contribution in [1.82, 2.24) is 9.97 Å². The van der Waals surface area contributed by atoms with Crippen LogP contribution in [0.4, 0.5) is 21.7 Å². The van der Waals surface area contributed by atoms with E-state index in [2.05, 4.69) is 20.6 Å². The van der Waals surface area contributed by atoms with Gasteiger partial charge in [0.05, 0.1) is 0 Å². The predicted molar refractivity (Wildman–Crippen MR) is 97.6 cm³/mol. The van der Waals surface area contributed by atoms with Crippen LogP contribution in [0.25, 0.3) is 0 Å². The second kappa shape index (κ2) is 8.57. The molecule has 0 bridgehead atoms. The Morgan fingerprint density at radius 3 is 2.58 bits per heavy atom. The zero-order valence-corrected chi connectivity index (χ0v) is 13.9. The fraction of sp³-hybridized carbons (Fsp3) is 0.105. The Hall–Kier alpha value is -3.48. The Kier molecular flexibility index (Phi) is 5.72. The van der Waals surface area contributed by atoms with Crippen molar-refractivity contribution in [3.63, 3.8) is 0 Å². The number of rotatable bonds is 7. The normalized spacial score (nSPS) is 10.2. The molecule has 7 heteroatoms. The van der Waals surface area contributed by atoms with E-state index < -0.39 is 6.67 Å². The van der Waals surface area contributed by atoms with E-state index in [0.29, 0.717) is 28.6 Å². The average molecular weight is 352 g/mol. The molecule has 0 unspecified atom stereocenters. The van der Waals surface area contributed by atoms with Crippen molar-refractivity contribution >= 4 is 23.2 Å². The summed E-state index contributed by atoms with van der Waals surface area (Å²) in [6.45, 7) is -0.589. The van der Waals surface area contributed by atoms with E-state index in [0.717, 1.165) is 0 Å². The number of hydrogen-bond acceptors (Lipinski definition) is 5. The Balaban J connectivity index is 1.69. The summed E-state index contributed by atoms with van der Waals surface area (Å²) in [5.41, 5.74) is 1.74. The summed E-state index contributed by atoms with van der Waals surface area (Å²) in [5, 5.41) is 5.83. The van der Waals surface area contributed by atoms with Crippen LogP contribution in [0.1, 0.15) is 10.4 Å². The van der Waals surface area contributed by atoms with Crippen LogP contribution in [0.15, 0.2) is 67.0 Å². The van der Waals surface area contributed by atoms with Crippen LogP contribution < -0.4 is 15.4 Å². The molecule has 1 amide bonds. The molecule has 1 aromatic heterocycles. The number of carbonyl (C=O) groups excluding carboxylic acids is 1. The Morgan fingerprint density at radius 1 is 1.00 bits per heavy atom. The van der Waals surface area contributed by atoms with Crippen molar-refractivity contribution < 1.29 is 13.9 Å². The van der Waals surface area contributed by atoms with Gasteiger partial charge in [-0.25, -0.2) is 14.4 Å². The van der Waals surface area contributed by atoms with Gasteiger partial charge in [-0.15, -0.1) is 0 Å². The Labute approximate surface area is 150 Å². The number of aromatic nitrogens is 2. The molecule has 1 heterocycles. The van der Waals surface area contributed by atoms with Gasteiger partial charge in [-0.05, 0) is 36.4 Å². The molecule has 2 aromatic carbocycles. The predicted octanol–water partition coefficient (Wildman–Crippen LogP) is 3.82. The highest BCUT2D eigenvalue weighted by Gasteiger charge is 2.08. The third kappa shape index (κ3) is 4.76. The minimum Gasteiger partial charge on any atom is -0.491 e. The molecule has 0 aliphatic rings. The number of benzene rings is 2. The van der Waals surface area contributed by atoms with Gasteiger partial charge in [0.1, 0.15) is 19.0 Å². The minimum atomic E-state index is -0.568. The van der Waals surface area contributed by atoms with Crippen molar-refractivity contribution in [3.8, 4) is 5.75 Å². The van der Waals surface area contributed by atoms with Gasteiger partial charge in [0.2, 0.25) is 5.95 Å². The van der Waals surface area contributed by atoms with E-state index in [4.69, 9.17) is 4.74 Å². The summed E-state index contributed by atoms with van der Waals surface area (Å²) >= 11 is 0. The lowest BCUT2D eigenvalue weighted by Gasteiger charge is -2.09. The largest absolute Gasteiger partial charge is 0.491 e. The molecule has 132 valence electrons. The second-order valence-electron chi connectivity index (χ2n) is 5.30. The van der Waals surface area contributed by atoms with Gasteiger partial charge in [0.25, 0.3) is 5.91 Å². The molecule has 0 fully saturated rings. The molecule has 0 aliphatic carbocycles. The van der Waals surface area contributed by atoms with Gasteiger partial charge in [0.15, 0.2) is 0 Å². The number of hydrogen-bond donors (Lipinski definition) is 2. The number of anilines is 3. The summed E-state index contributed by atoms with van der Waals surface area (Å²) in [5.74, 6) is 0.671. The lowest BCUT2D eigenvalue weighted by molar-refractivity contribution is 0.102. The molecule has 0 radical (unpaired) electrons. The van der Waals surface area contributed by atoms with Gasteiger partial charge in [-0.3, -0.25) is 4.79 Å². The van der Waals surface area contributed by atoms with Gasteiger partial charge in [-0.1, -0.05) is 12.1 Å². The first-order valence-electron chi connectivity index (χ1n) is 7.99. The van der Waals surface area contributed by atoms with Crippen molar-refractivity contribution in [2.24, 2.45) is 0 Å². The van der Waals surface area contributed by atoms with Crippen LogP contribution in [0.3, 0.4) is 0 Å². The van der Waals surface area contributed by atoms with E-state index in [9.17, 15) is 9.18 Å². The molecule has 0 atom stereocenters. The summed E-state index contributed by atoms with van der Waals surface area (Å²) in [7, 11) is 0. The summed E-state index contributed by atoms with van der Waals surface area (Å²) < 4.78 is 17.4. The first-order chi connectivity index (χ1) is 12.7. The van der Waals surface area contributed by atoms with Crippen LogP contribution in [-0.4, -0.2) is 29.2 Å². The number of ether oxygens (including phenoxy) is 1. The first kappa shape index (κ1) is 17.3. The number of amides is 1. The van der Waals surface area contributed by atoms with Crippen molar-refractivity contribution in [1.29, 1.82) is 0 Å². The number of carbonyl (C=O) groups is 1. The number of alkyl halides is 1. The molecular formula is C19H17FN4O2. The SMILES string of the molecule is O=C(Nc1cccc(OCCF)c1)c1cccc(Nc2ncccn2)c1. The van der Waals surface area contributed by atoms with Gasteiger partial charge < -0.3 is 15.4 Å². The maximum atomic E-state index is 12.5. The highest BCUT2D eigenvalue weighted by molar-refractivity contribution is 6.04. The minimum absolute atomic E-state index is 0.0212. The van der Waals surface area contributed by atoms with Crippen LogP contribution in [0.5, 0.6) is 5.75 Å². The highest BCUT2D eigenvalue weighted by atomic mass is 19.1. The first-order valence-corrected chi connectivity index (χ1v) is 7.99. The fourth-order valence-electron chi connectivity index (χ4n) is 2.25. The molecule has 0 saturated carbocycles. The smallest absolute Gasteiger partial charge is 0.255 e. The summed E-state index contributed by atoms with van der Waals surface area (Å²) in [6, 6.07) is 15.5. The summed E-state index contributed by atoms with van der Waals surface area (Å²) in [4.78, 5) is 20.6. The third-order valence-corrected chi connectivity index (χ3v) is 3.38. The highest BCUT2D eigenvalue weighted by Crippen LogP contribution is 2.19.